The van der Waals surface area contributed by atoms with E-state index in [2.05, 4.69) is 46.4 Å². The summed E-state index contributed by atoms with van der Waals surface area (Å²) in [5.41, 5.74) is 4.13. The van der Waals surface area contributed by atoms with E-state index in [0.29, 0.717) is 5.69 Å². The van der Waals surface area contributed by atoms with Gasteiger partial charge in [-0.05, 0) is 36.6 Å². The third-order valence-corrected chi connectivity index (χ3v) is 4.25. The van der Waals surface area contributed by atoms with Crippen LogP contribution in [-0.2, 0) is 6.42 Å². The highest BCUT2D eigenvalue weighted by atomic mass is 16.1. The van der Waals surface area contributed by atoms with Gasteiger partial charge >= 0.3 is 0 Å². The second-order valence-electron chi connectivity index (χ2n) is 5.89. The lowest BCUT2D eigenvalue weighted by Gasteiger charge is -2.19. The van der Waals surface area contributed by atoms with Gasteiger partial charge in [0.1, 0.15) is 5.69 Å². The standard InChI is InChI=1S/C19H23N3O/c1-2-3-6-12-20-19(23)17-10-9-16(14-21-17)22-13-11-15-7-4-5-8-18(15)22/h4-5,7-10,14H,2-3,6,11-13H2,1H3,(H,20,23). The number of nitrogens with one attached hydrogen (secondary N) is 1. The van der Waals surface area contributed by atoms with Gasteiger partial charge in [-0.15, -0.1) is 0 Å². The van der Waals surface area contributed by atoms with Gasteiger partial charge in [0.2, 0.25) is 0 Å². The van der Waals surface area contributed by atoms with Crippen molar-refractivity contribution in [1.82, 2.24) is 10.3 Å². The summed E-state index contributed by atoms with van der Waals surface area (Å²) in [6.07, 6.45) is 6.16. The molecule has 1 aromatic carbocycles. The Kier molecular flexibility index (Phi) is 4.91. The molecule has 4 nitrogen and oxygen atoms in total. The summed E-state index contributed by atoms with van der Waals surface area (Å²) in [5.74, 6) is -0.0884. The van der Waals surface area contributed by atoms with Crippen LogP contribution in [0.3, 0.4) is 0 Å². The fraction of sp³-hybridized carbons (Fsp3) is 0.368. The molecule has 0 saturated heterocycles. The van der Waals surface area contributed by atoms with Crippen molar-refractivity contribution in [3.8, 4) is 0 Å². The molecule has 1 aromatic heterocycles. The summed E-state index contributed by atoms with van der Waals surface area (Å²) in [4.78, 5) is 18.6. The molecule has 1 amide bonds. The molecule has 2 aromatic rings. The van der Waals surface area contributed by atoms with Crippen LogP contribution >= 0.6 is 0 Å². The number of rotatable bonds is 6. The van der Waals surface area contributed by atoms with Crippen LogP contribution in [0.1, 0.15) is 42.2 Å². The molecule has 0 saturated carbocycles. The molecule has 0 unspecified atom stereocenters. The number of hydrogen-bond donors (Lipinski definition) is 1. The first kappa shape index (κ1) is 15.5. The van der Waals surface area contributed by atoms with E-state index >= 15 is 0 Å². The molecular weight excluding hydrogens is 286 g/mol. The van der Waals surface area contributed by atoms with Crippen LogP contribution < -0.4 is 10.2 Å². The summed E-state index contributed by atoms with van der Waals surface area (Å²) in [6, 6.07) is 12.2. The molecule has 1 aliphatic rings. The first-order valence-corrected chi connectivity index (χ1v) is 8.39. The molecule has 1 aliphatic heterocycles. The fourth-order valence-corrected chi connectivity index (χ4v) is 2.95. The highest BCUT2D eigenvalue weighted by Crippen LogP contribution is 2.33. The van der Waals surface area contributed by atoms with Crippen molar-refractivity contribution in [2.75, 3.05) is 18.0 Å². The Bertz CT molecular complexity index is 667. The lowest BCUT2D eigenvalue weighted by molar-refractivity contribution is 0.0948. The molecule has 2 heterocycles. The molecule has 4 heteroatoms. The summed E-state index contributed by atoms with van der Waals surface area (Å²) in [6.45, 7) is 3.83. The van der Waals surface area contributed by atoms with Crippen LogP contribution in [0.4, 0.5) is 11.4 Å². The molecule has 3 rings (SSSR count). The number of anilines is 2. The minimum atomic E-state index is -0.0884. The van der Waals surface area contributed by atoms with Gasteiger partial charge < -0.3 is 10.2 Å². The number of aromatic nitrogens is 1. The zero-order valence-electron chi connectivity index (χ0n) is 13.6. The maximum Gasteiger partial charge on any atom is 0.269 e. The quantitative estimate of drug-likeness (QED) is 0.828. The number of para-hydroxylation sites is 1. The number of carbonyl (C=O) groups is 1. The molecule has 0 radical (unpaired) electrons. The van der Waals surface area contributed by atoms with Crippen molar-refractivity contribution in [2.45, 2.75) is 32.6 Å². The van der Waals surface area contributed by atoms with Crippen molar-refractivity contribution in [2.24, 2.45) is 0 Å². The molecule has 0 spiro atoms. The number of amides is 1. The first-order valence-electron chi connectivity index (χ1n) is 8.39. The Morgan fingerprint density at radius 1 is 1.22 bits per heavy atom. The smallest absolute Gasteiger partial charge is 0.269 e. The monoisotopic (exact) mass is 309 g/mol. The van der Waals surface area contributed by atoms with Gasteiger partial charge in [0, 0.05) is 18.8 Å². The van der Waals surface area contributed by atoms with E-state index in [0.717, 1.165) is 44.5 Å². The van der Waals surface area contributed by atoms with E-state index in [9.17, 15) is 4.79 Å². The molecule has 0 aliphatic carbocycles. The van der Waals surface area contributed by atoms with E-state index in [4.69, 9.17) is 0 Å². The molecule has 1 N–H and O–H groups in total. The molecule has 120 valence electrons. The number of hydrogen-bond acceptors (Lipinski definition) is 3. The highest BCUT2D eigenvalue weighted by Gasteiger charge is 2.20. The van der Waals surface area contributed by atoms with Crippen molar-refractivity contribution >= 4 is 17.3 Å². The minimum Gasteiger partial charge on any atom is -0.351 e. The summed E-state index contributed by atoms with van der Waals surface area (Å²) in [5, 5.41) is 2.92. The fourth-order valence-electron chi connectivity index (χ4n) is 2.95. The molecule has 0 fully saturated rings. The molecular formula is C19H23N3O. The summed E-state index contributed by atoms with van der Waals surface area (Å²) >= 11 is 0. The predicted octanol–water partition coefficient (Wildman–Crippen LogP) is 3.70. The average Bonchev–Trinajstić information content (AvgIpc) is 3.03. The Morgan fingerprint density at radius 3 is 2.87 bits per heavy atom. The number of benzene rings is 1. The van der Waals surface area contributed by atoms with Gasteiger partial charge in [0.25, 0.3) is 5.91 Å². The van der Waals surface area contributed by atoms with Gasteiger partial charge in [-0.1, -0.05) is 38.0 Å². The lowest BCUT2D eigenvalue weighted by atomic mass is 10.2. The Morgan fingerprint density at radius 2 is 2.09 bits per heavy atom. The zero-order valence-corrected chi connectivity index (χ0v) is 13.6. The van der Waals surface area contributed by atoms with E-state index in [1.165, 1.54) is 11.3 Å². The molecule has 23 heavy (non-hydrogen) atoms. The highest BCUT2D eigenvalue weighted by molar-refractivity contribution is 5.92. The SMILES string of the molecule is CCCCCNC(=O)c1ccc(N2CCc3ccccc32)cn1. The Labute approximate surface area is 137 Å². The average molecular weight is 309 g/mol. The first-order chi connectivity index (χ1) is 11.3. The number of carbonyl (C=O) groups excluding carboxylic acids is 1. The lowest BCUT2D eigenvalue weighted by Crippen LogP contribution is -2.25. The topological polar surface area (TPSA) is 45.2 Å². The van der Waals surface area contributed by atoms with Gasteiger partial charge in [0.05, 0.1) is 11.9 Å². The van der Waals surface area contributed by atoms with E-state index in [1.807, 2.05) is 12.1 Å². The van der Waals surface area contributed by atoms with Crippen molar-refractivity contribution in [1.29, 1.82) is 0 Å². The van der Waals surface area contributed by atoms with Crippen LogP contribution in [0.2, 0.25) is 0 Å². The van der Waals surface area contributed by atoms with Gasteiger partial charge in [-0.2, -0.15) is 0 Å². The van der Waals surface area contributed by atoms with E-state index in [-0.39, 0.29) is 5.91 Å². The number of fused-ring (bicyclic) bond motifs is 1. The molecule has 0 bridgehead atoms. The Hall–Kier alpha value is -2.36. The largest absolute Gasteiger partial charge is 0.351 e. The maximum atomic E-state index is 12.1. The van der Waals surface area contributed by atoms with E-state index in [1.54, 1.807) is 6.20 Å². The van der Waals surface area contributed by atoms with Crippen LogP contribution in [0.25, 0.3) is 0 Å². The van der Waals surface area contributed by atoms with Gasteiger partial charge in [-0.25, -0.2) is 4.98 Å². The molecule has 0 atom stereocenters. The third-order valence-electron chi connectivity index (χ3n) is 4.25. The van der Waals surface area contributed by atoms with E-state index < -0.39 is 0 Å². The normalized spacial score (nSPS) is 13.0. The maximum absolute atomic E-state index is 12.1. The third kappa shape index (κ3) is 3.52. The van der Waals surface area contributed by atoms with Gasteiger partial charge in [-0.3, -0.25) is 4.79 Å². The number of nitrogens with zero attached hydrogens (tertiary/aromatic N) is 2. The summed E-state index contributed by atoms with van der Waals surface area (Å²) < 4.78 is 0. The second kappa shape index (κ2) is 7.27. The Balaban J connectivity index is 1.65. The van der Waals surface area contributed by atoms with Crippen LogP contribution in [-0.4, -0.2) is 24.0 Å². The van der Waals surface area contributed by atoms with Crippen LogP contribution in [0, 0.1) is 0 Å². The second-order valence-corrected chi connectivity index (χ2v) is 5.89. The predicted molar refractivity (Wildman–Crippen MR) is 93.2 cm³/mol. The number of unbranched alkanes of at least 4 members (excludes halogenated alkanes) is 2. The van der Waals surface area contributed by atoms with Crippen LogP contribution in [0.5, 0.6) is 0 Å². The number of pyridine rings is 1. The van der Waals surface area contributed by atoms with Crippen molar-refractivity contribution in [3.63, 3.8) is 0 Å². The van der Waals surface area contributed by atoms with Crippen molar-refractivity contribution < 1.29 is 4.79 Å². The van der Waals surface area contributed by atoms with Gasteiger partial charge in [0.15, 0.2) is 0 Å². The zero-order chi connectivity index (χ0) is 16.1. The summed E-state index contributed by atoms with van der Waals surface area (Å²) in [7, 11) is 0. The van der Waals surface area contributed by atoms with Crippen LogP contribution in [0.15, 0.2) is 42.6 Å². The van der Waals surface area contributed by atoms with Crippen molar-refractivity contribution in [3.05, 3.63) is 53.9 Å². The minimum absolute atomic E-state index is 0.0884.